The molecule has 0 aliphatic carbocycles. The summed E-state index contributed by atoms with van der Waals surface area (Å²) >= 11 is 5.94. The number of nitrogens with one attached hydrogen (secondary N) is 1. The third kappa shape index (κ3) is 5.40. The average Bonchev–Trinajstić information content (AvgIpc) is 2.75. The van der Waals surface area contributed by atoms with Crippen molar-refractivity contribution in [2.75, 3.05) is 11.9 Å². The first-order valence-electron chi connectivity index (χ1n) is 9.27. The predicted octanol–water partition coefficient (Wildman–Crippen LogP) is 5.26. The molecule has 0 bridgehead atoms. The minimum atomic E-state index is -1.30. The molecule has 0 aliphatic rings. The van der Waals surface area contributed by atoms with E-state index < -0.39 is 11.9 Å². The van der Waals surface area contributed by atoms with Gasteiger partial charge in [-0.3, -0.25) is 4.79 Å². The number of anilines is 1. The fourth-order valence-corrected chi connectivity index (χ4v) is 2.95. The number of benzene rings is 3. The van der Waals surface area contributed by atoms with Crippen LogP contribution in [0, 0.1) is 0 Å². The number of carboxylic acids is 1. The Balaban J connectivity index is 1.87. The molecule has 0 saturated carbocycles. The van der Waals surface area contributed by atoms with Gasteiger partial charge in [-0.2, -0.15) is 0 Å². The average molecular weight is 440 g/mol. The van der Waals surface area contributed by atoms with Crippen LogP contribution in [-0.2, 0) is 4.74 Å². The Hall–Kier alpha value is -3.84. The molecule has 158 valence electrons. The number of aromatic carboxylic acids is 1. The quantitative estimate of drug-likeness (QED) is 0.487. The highest BCUT2D eigenvalue weighted by atomic mass is 35.5. The number of hydrogen-bond donors (Lipinski definition) is 2. The molecule has 1 amide bonds. The summed E-state index contributed by atoms with van der Waals surface area (Å²) in [5.41, 5.74) is 0.411. The summed E-state index contributed by atoms with van der Waals surface area (Å²) < 4.78 is 10.7. The van der Waals surface area contributed by atoms with Gasteiger partial charge in [-0.15, -0.1) is 0 Å². The van der Waals surface area contributed by atoms with Crippen molar-refractivity contribution >= 4 is 35.1 Å². The van der Waals surface area contributed by atoms with Crippen molar-refractivity contribution in [3.63, 3.8) is 0 Å². The molecule has 0 saturated heterocycles. The highest BCUT2D eigenvalue weighted by Gasteiger charge is 2.19. The molecule has 3 aromatic carbocycles. The molecular formula is C23H18ClNO6. The van der Waals surface area contributed by atoms with Gasteiger partial charge in [0.2, 0.25) is 0 Å². The normalized spacial score (nSPS) is 10.3. The molecule has 2 N–H and O–H groups in total. The Bertz CT molecular complexity index is 1140. The van der Waals surface area contributed by atoms with Crippen molar-refractivity contribution in [3.8, 4) is 11.5 Å². The van der Waals surface area contributed by atoms with Crippen molar-refractivity contribution in [3.05, 3.63) is 88.4 Å². The van der Waals surface area contributed by atoms with Crippen molar-refractivity contribution in [2.45, 2.75) is 6.92 Å². The lowest BCUT2D eigenvalue weighted by Crippen LogP contribution is -2.13. The first kappa shape index (κ1) is 21.9. The molecule has 8 heteroatoms. The van der Waals surface area contributed by atoms with Gasteiger partial charge in [0.1, 0.15) is 5.75 Å². The third-order valence-corrected chi connectivity index (χ3v) is 4.40. The second-order valence-corrected chi connectivity index (χ2v) is 6.73. The summed E-state index contributed by atoms with van der Waals surface area (Å²) in [5, 5.41) is 12.6. The van der Waals surface area contributed by atoms with E-state index in [-0.39, 0.29) is 35.1 Å². The summed E-state index contributed by atoms with van der Waals surface area (Å²) in [7, 11) is 0. The molecule has 31 heavy (non-hydrogen) atoms. The molecule has 0 aromatic heterocycles. The fraction of sp³-hybridized carbons (Fsp3) is 0.0870. The van der Waals surface area contributed by atoms with E-state index in [1.165, 1.54) is 24.3 Å². The van der Waals surface area contributed by atoms with Crippen LogP contribution in [0.5, 0.6) is 11.5 Å². The zero-order chi connectivity index (χ0) is 22.4. The van der Waals surface area contributed by atoms with Gasteiger partial charge < -0.3 is 19.9 Å². The number of carbonyl (C=O) groups is 3. The SMILES string of the molecule is CCOC(=O)c1ccc(Oc2ccccc2NC(=O)c2cccc(Cl)c2)cc1C(=O)O. The molecule has 7 nitrogen and oxygen atoms in total. The number of esters is 1. The van der Waals surface area contributed by atoms with E-state index >= 15 is 0 Å². The first-order valence-corrected chi connectivity index (χ1v) is 9.65. The Morgan fingerprint density at radius 2 is 1.74 bits per heavy atom. The topological polar surface area (TPSA) is 102 Å². The predicted molar refractivity (Wildman–Crippen MR) is 115 cm³/mol. The van der Waals surface area contributed by atoms with Gasteiger partial charge in [-0.25, -0.2) is 9.59 Å². The van der Waals surface area contributed by atoms with E-state index in [9.17, 15) is 19.5 Å². The minimum absolute atomic E-state index is 0.0794. The number of carbonyl (C=O) groups excluding carboxylic acids is 2. The van der Waals surface area contributed by atoms with Gasteiger partial charge in [-0.1, -0.05) is 29.8 Å². The zero-order valence-electron chi connectivity index (χ0n) is 16.4. The first-order chi connectivity index (χ1) is 14.9. The van der Waals surface area contributed by atoms with Crippen LogP contribution in [-0.4, -0.2) is 29.6 Å². The number of para-hydroxylation sites is 2. The fourth-order valence-electron chi connectivity index (χ4n) is 2.76. The highest BCUT2D eigenvalue weighted by Crippen LogP contribution is 2.31. The van der Waals surface area contributed by atoms with Crippen LogP contribution in [0.2, 0.25) is 5.02 Å². The Labute approximate surface area is 183 Å². The molecule has 0 radical (unpaired) electrons. The molecule has 0 spiro atoms. The maximum absolute atomic E-state index is 12.5. The molecular weight excluding hydrogens is 422 g/mol. The monoisotopic (exact) mass is 439 g/mol. The lowest BCUT2D eigenvalue weighted by Gasteiger charge is -2.13. The number of rotatable bonds is 7. The van der Waals surface area contributed by atoms with Gasteiger partial charge in [-0.05, 0) is 55.5 Å². The van der Waals surface area contributed by atoms with Gasteiger partial charge in [0.15, 0.2) is 5.75 Å². The second-order valence-electron chi connectivity index (χ2n) is 6.30. The molecule has 3 rings (SSSR count). The van der Waals surface area contributed by atoms with Crippen LogP contribution < -0.4 is 10.1 Å². The molecule has 3 aromatic rings. The van der Waals surface area contributed by atoms with Gasteiger partial charge in [0.05, 0.1) is 23.4 Å². The van der Waals surface area contributed by atoms with E-state index in [4.69, 9.17) is 21.1 Å². The number of halogens is 1. The van der Waals surface area contributed by atoms with E-state index in [0.29, 0.717) is 16.3 Å². The number of ether oxygens (including phenoxy) is 2. The maximum Gasteiger partial charge on any atom is 0.339 e. The number of amides is 1. The molecule has 0 fully saturated rings. The molecule has 0 heterocycles. The van der Waals surface area contributed by atoms with Crippen molar-refractivity contribution in [1.82, 2.24) is 0 Å². The summed E-state index contributed by atoms with van der Waals surface area (Å²) in [4.78, 5) is 36.1. The van der Waals surface area contributed by atoms with Gasteiger partial charge in [0, 0.05) is 10.6 Å². The minimum Gasteiger partial charge on any atom is -0.478 e. The largest absolute Gasteiger partial charge is 0.478 e. The van der Waals surface area contributed by atoms with E-state index in [2.05, 4.69) is 5.32 Å². The number of carboxylic acid groups (broad SMARTS) is 1. The van der Waals surface area contributed by atoms with Crippen LogP contribution in [0.3, 0.4) is 0 Å². The van der Waals surface area contributed by atoms with Crippen molar-refractivity contribution in [2.24, 2.45) is 0 Å². The van der Waals surface area contributed by atoms with Crippen LogP contribution in [0.1, 0.15) is 38.0 Å². The van der Waals surface area contributed by atoms with E-state index in [1.807, 2.05) is 0 Å². The van der Waals surface area contributed by atoms with Crippen LogP contribution in [0.25, 0.3) is 0 Å². The van der Waals surface area contributed by atoms with E-state index in [0.717, 1.165) is 0 Å². The van der Waals surface area contributed by atoms with Crippen molar-refractivity contribution in [1.29, 1.82) is 0 Å². The standard InChI is InChI=1S/C23H18ClNO6/c1-2-30-23(29)17-11-10-16(13-18(17)22(27)28)31-20-9-4-3-8-19(20)25-21(26)14-6-5-7-15(24)12-14/h3-13H,2H2,1H3,(H,25,26)(H,27,28). The maximum atomic E-state index is 12.5. The Morgan fingerprint density at radius 1 is 0.968 bits per heavy atom. The Kier molecular flexibility index (Phi) is 6.89. The summed E-state index contributed by atoms with van der Waals surface area (Å²) in [6.45, 7) is 1.75. The van der Waals surface area contributed by atoms with Crippen molar-refractivity contribution < 1.29 is 29.0 Å². The third-order valence-electron chi connectivity index (χ3n) is 4.17. The second kappa shape index (κ2) is 9.77. The molecule has 0 atom stereocenters. The van der Waals surface area contributed by atoms with Crippen LogP contribution in [0.15, 0.2) is 66.7 Å². The summed E-state index contributed by atoms with van der Waals surface area (Å²) in [6, 6.07) is 17.2. The zero-order valence-corrected chi connectivity index (χ0v) is 17.2. The Morgan fingerprint density at radius 3 is 2.45 bits per heavy atom. The lowest BCUT2D eigenvalue weighted by atomic mass is 10.1. The lowest BCUT2D eigenvalue weighted by molar-refractivity contribution is 0.0514. The highest BCUT2D eigenvalue weighted by molar-refractivity contribution is 6.31. The molecule has 0 aliphatic heterocycles. The molecule has 0 unspecified atom stereocenters. The van der Waals surface area contributed by atoms with Crippen LogP contribution >= 0.6 is 11.6 Å². The number of hydrogen-bond acceptors (Lipinski definition) is 5. The van der Waals surface area contributed by atoms with E-state index in [1.54, 1.807) is 49.4 Å². The van der Waals surface area contributed by atoms with Gasteiger partial charge >= 0.3 is 11.9 Å². The van der Waals surface area contributed by atoms with Gasteiger partial charge in [0.25, 0.3) is 5.91 Å². The summed E-state index contributed by atoms with van der Waals surface area (Å²) in [6.07, 6.45) is 0. The van der Waals surface area contributed by atoms with Crippen LogP contribution in [0.4, 0.5) is 5.69 Å². The summed E-state index contributed by atoms with van der Waals surface area (Å²) in [5.74, 6) is -1.95. The smallest absolute Gasteiger partial charge is 0.339 e.